The number of hydrogen-bond donors (Lipinski definition) is 0. The molecule has 0 spiro atoms. The van der Waals surface area contributed by atoms with Gasteiger partial charge in [0.1, 0.15) is 5.76 Å². The van der Waals surface area contributed by atoms with Crippen LogP contribution in [0.25, 0.3) is 0 Å². The first-order valence-corrected chi connectivity index (χ1v) is 21.3. The average Bonchev–Trinajstić information content (AvgIpc) is 3.54. The van der Waals surface area contributed by atoms with Gasteiger partial charge < -0.3 is 9.32 Å². The molecule has 4 heteroatoms. The molecule has 1 aromatic heterocycles. The minimum Gasteiger partial charge on any atom is -0.444 e. The fraction of sp³-hybridized carbons (Fsp3) is 0.462. The van der Waals surface area contributed by atoms with Crippen molar-refractivity contribution in [3.05, 3.63) is 112 Å². The zero-order chi connectivity index (χ0) is 40.1. The van der Waals surface area contributed by atoms with Crippen LogP contribution in [0.5, 0.6) is 0 Å². The molecule has 290 valence electrons. The SMILES string of the molecule is CC(C)(C)c1ccc(N2c3ccc(C(C)(C)C)cc3B3c4c2cccc4N(c2ccc4c(c2)C(C)(C)CCC4(C)C)c2oc4c(c23)C(C)(C)CCC4(C)C)cc1. The number of rotatable bonds is 2. The van der Waals surface area contributed by atoms with E-state index in [1.165, 1.54) is 91.2 Å². The molecule has 5 aromatic rings. The van der Waals surface area contributed by atoms with Gasteiger partial charge in [0.25, 0.3) is 6.71 Å². The molecular formula is C52H63BN2O. The Morgan fingerprint density at radius 1 is 0.518 bits per heavy atom. The number of furan rings is 1. The third-order valence-corrected chi connectivity index (χ3v) is 14.4. The Hall–Kier alpha value is -4.18. The lowest BCUT2D eigenvalue weighted by atomic mass is 9.32. The maximum absolute atomic E-state index is 7.52. The average molecular weight is 743 g/mol. The molecule has 0 atom stereocenters. The van der Waals surface area contributed by atoms with Crippen LogP contribution < -0.4 is 26.2 Å². The first-order chi connectivity index (χ1) is 26.0. The molecule has 2 aliphatic heterocycles. The van der Waals surface area contributed by atoms with Crippen molar-refractivity contribution < 1.29 is 4.42 Å². The molecule has 0 radical (unpaired) electrons. The van der Waals surface area contributed by atoms with E-state index in [1.807, 2.05) is 0 Å². The summed E-state index contributed by atoms with van der Waals surface area (Å²) in [6.45, 7) is 33.4. The van der Waals surface area contributed by atoms with Gasteiger partial charge in [-0.1, -0.05) is 133 Å². The third-order valence-electron chi connectivity index (χ3n) is 14.4. The van der Waals surface area contributed by atoms with Crippen LogP contribution in [0, 0.1) is 0 Å². The predicted molar refractivity (Wildman–Crippen MR) is 241 cm³/mol. The fourth-order valence-corrected chi connectivity index (χ4v) is 10.6. The van der Waals surface area contributed by atoms with Crippen LogP contribution in [-0.2, 0) is 32.5 Å². The van der Waals surface area contributed by atoms with Crippen molar-refractivity contribution in [2.75, 3.05) is 9.80 Å². The van der Waals surface area contributed by atoms with Gasteiger partial charge in [-0.3, -0.25) is 4.90 Å². The summed E-state index contributed by atoms with van der Waals surface area (Å²) in [6.07, 6.45) is 4.61. The molecule has 0 N–H and O–H groups in total. The monoisotopic (exact) mass is 743 g/mol. The van der Waals surface area contributed by atoms with Gasteiger partial charge >= 0.3 is 0 Å². The molecule has 4 aliphatic rings. The molecule has 0 fully saturated rings. The van der Waals surface area contributed by atoms with E-state index >= 15 is 0 Å². The normalized spacial score (nSPS) is 19.8. The Balaban J connectivity index is 1.39. The highest BCUT2D eigenvalue weighted by Crippen LogP contribution is 2.54. The fourth-order valence-electron chi connectivity index (χ4n) is 10.6. The third kappa shape index (κ3) is 5.44. The van der Waals surface area contributed by atoms with E-state index in [1.54, 1.807) is 0 Å². The van der Waals surface area contributed by atoms with E-state index in [-0.39, 0.29) is 39.2 Å². The van der Waals surface area contributed by atoms with Crippen molar-refractivity contribution in [2.24, 2.45) is 0 Å². The molecule has 0 bridgehead atoms. The highest BCUT2D eigenvalue weighted by atomic mass is 16.4. The molecule has 3 nitrogen and oxygen atoms in total. The topological polar surface area (TPSA) is 19.6 Å². The van der Waals surface area contributed by atoms with Gasteiger partial charge in [0.05, 0.1) is 0 Å². The van der Waals surface area contributed by atoms with E-state index in [0.29, 0.717) is 0 Å². The summed E-state index contributed by atoms with van der Waals surface area (Å²) in [6, 6.07) is 31.0. The highest BCUT2D eigenvalue weighted by Gasteiger charge is 2.52. The van der Waals surface area contributed by atoms with Crippen molar-refractivity contribution in [3.8, 4) is 0 Å². The second kappa shape index (κ2) is 11.7. The number of benzene rings is 4. The van der Waals surface area contributed by atoms with Crippen molar-refractivity contribution in [1.82, 2.24) is 0 Å². The number of nitrogens with zero attached hydrogens (tertiary/aromatic N) is 2. The van der Waals surface area contributed by atoms with E-state index in [4.69, 9.17) is 4.42 Å². The number of anilines is 6. The lowest BCUT2D eigenvalue weighted by Gasteiger charge is -2.45. The van der Waals surface area contributed by atoms with Crippen molar-refractivity contribution in [3.63, 3.8) is 0 Å². The Bertz CT molecular complexity index is 2410. The van der Waals surface area contributed by atoms with Gasteiger partial charge in [-0.15, -0.1) is 0 Å². The van der Waals surface area contributed by atoms with Crippen LogP contribution in [0.1, 0.15) is 156 Å². The molecule has 4 aromatic carbocycles. The van der Waals surface area contributed by atoms with E-state index < -0.39 is 0 Å². The molecule has 9 rings (SSSR count). The van der Waals surface area contributed by atoms with Gasteiger partial charge in [-0.05, 0) is 139 Å². The summed E-state index contributed by atoms with van der Waals surface area (Å²) < 4.78 is 7.52. The lowest BCUT2D eigenvalue weighted by Crippen LogP contribution is -2.62. The molecule has 0 saturated carbocycles. The Labute approximate surface area is 338 Å². The number of hydrogen-bond acceptors (Lipinski definition) is 3. The molecular weight excluding hydrogens is 679 g/mol. The maximum atomic E-state index is 7.52. The standard InChI is InChI=1S/C52H63BN2O/c1-47(2,3)32-18-21-34(22-19-32)54-39-25-20-33(48(4,5)6)30-38(39)53-43-40(54)16-15-17-41(43)55(35-23-24-36-37(31-35)50(9,10)27-26-49(36,7)8)46-44(53)42-45(56-46)52(13,14)29-28-51(42,11)12/h15-25,30-31H,26-29H2,1-14H3. The molecule has 0 amide bonds. The molecule has 3 heterocycles. The first-order valence-electron chi connectivity index (χ1n) is 21.3. The van der Waals surface area contributed by atoms with Crippen LogP contribution in [0.4, 0.5) is 34.3 Å². The lowest BCUT2D eigenvalue weighted by molar-refractivity contribution is 0.280. The first kappa shape index (κ1) is 37.4. The van der Waals surface area contributed by atoms with Gasteiger partial charge in [0, 0.05) is 33.9 Å². The quantitative estimate of drug-likeness (QED) is 0.165. The van der Waals surface area contributed by atoms with Crippen molar-refractivity contribution in [2.45, 2.75) is 155 Å². The predicted octanol–water partition coefficient (Wildman–Crippen LogP) is 12.7. The largest absolute Gasteiger partial charge is 0.444 e. The van der Waals surface area contributed by atoms with E-state index in [2.05, 4.69) is 186 Å². The smallest absolute Gasteiger partial charge is 0.256 e. The van der Waals surface area contributed by atoms with Crippen LogP contribution in [0.3, 0.4) is 0 Å². The Morgan fingerprint density at radius 3 is 1.71 bits per heavy atom. The van der Waals surface area contributed by atoms with Crippen LogP contribution in [-0.4, -0.2) is 6.71 Å². The Kier molecular flexibility index (Phi) is 7.82. The maximum Gasteiger partial charge on any atom is 0.256 e. The van der Waals surface area contributed by atoms with Gasteiger partial charge in [0.15, 0.2) is 5.88 Å². The summed E-state index contributed by atoms with van der Waals surface area (Å²) in [5.41, 5.74) is 17.5. The number of fused-ring (bicyclic) bond motifs is 7. The zero-order valence-electron chi connectivity index (χ0n) is 36.7. The Morgan fingerprint density at radius 2 is 1.07 bits per heavy atom. The summed E-state index contributed by atoms with van der Waals surface area (Å²) in [5, 5.41) is 0. The molecule has 56 heavy (non-hydrogen) atoms. The van der Waals surface area contributed by atoms with Gasteiger partial charge in [-0.25, -0.2) is 0 Å². The van der Waals surface area contributed by atoms with Crippen LogP contribution in [0.15, 0.2) is 83.3 Å². The molecule has 2 aliphatic carbocycles. The van der Waals surface area contributed by atoms with Crippen LogP contribution >= 0.6 is 0 Å². The van der Waals surface area contributed by atoms with Gasteiger partial charge in [0.2, 0.25) is 0 Å². The zero-order valence-corrected chi connectivity index (χ0v) is 36.7. The van der Waals surface area contributed by atoms with E-state index in [0.717, 1.165) is 18.7 Å². The summed E-state index contributed by atoms with van der Waals surface area (Å²) in [5.74, 6) is 2.18. The second-order valence-corrected chi connectivity index (χ2v) is 22.4. The second-order valence-electron chi connectivity index (χ2n) is 22.4. The highest BCUT2D eigenvalue weighted by molar-refractivity contribution is 7.00. The minimum absolute atomic E-state index is 0.00165. The summed E-state index contributed by atoms with van der Waals surface area (Å²) >= 11 is 0. The summed E-state index contributed by atoms with van der Waals surface area (Å²) in [4.78, 5) is 5.07. The van der Waals surface area contributed by atoms with E-state index in [9.17, 15) is 0 Å². The molecule has 0 saturated heterocycles. The van der Waals surface area contributed by atoms with Crippen LogP contribution in [0.2, 0.25) is 0 Å². The van der Waals surface area contributed by atoms with Crippen molar-refractivity contribution in [1.29, 1.82) is 0 Å². The molecule has 0 unspecified atom stereocenters. The van der Waals surface area contributed by atoms with Crippen molar-refractivity contribution >= 4 is 57.4 Å². The summed E-state index contributed by atoms with van der Waals surface area (Å²) in [7, 11) is 0. The van der Waals surface area contributed by atoms with Gasteiger partial charge in [-0.2, -0.15) is 0 Å². The minimum atomic E-state index is -0.0731.